The van der Waals surface area contributed by atoms with Gasteiger partial charge in [0.05, 0.1) is 28.0 Å². The van der Waals surface area contributed by atoms with Gasteiger partial charge in [-0.15, -0.1) is 0 Å². The molecule has 0 spiro atoms. The Bertz CT molecular complexity index is 571. The van der Waals surface area contributed by atoms with E-state index in [0.717, 1.165) is 0 Å². The van der Waals surface area contributed by atoms with E-state index in [2.05, 4.69) is 25.9 Å². The topological polar surface area (TPSA) is 52.5 Å². The van der Waals surface area contributed by atoms with Crippen LogP contribution in [-0.2, 0) is 5.33 Å². The van der Waals surface area contributed by atoms with Crippen LogP contribution in [0.3, 0.4) is 0 Å². The van der Waals surface area contributed by atoms with Crippen molar-refractivity contribution in [2.45, 2.75) is 11.8 Å². The minimum atomic E-state index is -2.64. The Morgan fingerprint density at radius 2 is 2.25 bits per heavy atom. The molecule has 1 aromatic carbocycles. The van der Waals surface area contributed by atoms with Crippen LogP contribution in [-0.4, -0.2) is 9.97 Å². The van der Waals surface area contributed by atoms with Gasteiger partial charge in [0.15, 0.2) is 0 Å². The number of aromatic nitrogens is 2. The summed E-state index contributed by atoms with van der Waals surface area (Å²) in [7, 11) is 0. The molecule has 0 bridgehead atoms. The van der Waals surface area contributed by atoms with E-state index in [1.54, 1.807) is 0 Å². The average Bonchev–Trinajstić information content (AvgIpc) is 2.69. The number of fused-ring (bicyclic) bond motifs is 1. The molecule has 0 aliphatic heterocycles. The molecule has 1 aromatic heterocycles. The van der Waals surface area contributed by atoms with Gasteiger partial charge < -0.3 is 4.98 Å². The number of aromatic amines is 1. The van der Waals surface area contributed by atoms with E-state index in [-0.39, 0.29) is 16.6 Å². The SMILES string of the molecule is N#Cc1cc(C(F)F)c2nc(CBr)[nH]c2c1. The monoisotopic (exact) mass is 285 g/mol. The van der Waals surface area contributed by atoms with E-state index in [4.69, 9.17) is 5.26 Å². The Balaban J connectivity index is 2.75. The lowest BCUT2D eigenvalue weighted by Gasteiger charge is -2.00. The van der Waals surface area contributed by atoms with Crippen molar-refractivity contribution in [1.29, 1.82) is 5.26 Å². The molecule has 0 unspecified atom stereocenters. The summed E-state index contributed by atoms with van der Waals surface area (Å²) in [5.41, 5.74) is 0.678. The largest absolute Gasteiger partial charge is 0.341 e. The van der Waals surface area contributed by atoms with E-state index in [0.29, 0.717) is 16.7 Å². The lowest BCUT2D eigenvalue weighted by Crippen LogP contribution is -1.89. The second-order valence-electron chi connectivity index (χ2n) is 3.19. The lowest BCUT2D eigenvalue weighted by atomic mass is 10.1. The van der Waals surface area contributed by atoms with Gasteiger partial charge in [0.1, 0.15) is 5.82 Å². The van der Waals surface area contributed by atoms with Crippen LogP contribution in [0.25, 0.3) is 11.0 Å². The maximum absolute atomic E-state index is 12.8. The van der Waals surface area contributed by atoms with Crippen LogP contribution in [0.4, 0.5) is 8.78 Å². The molecule has 6 heteroatoms. The van der Waals surface area contributed by atoms with E-state index < -0.39 is 6.43 Å². The molecular formula is C10H6BrF2N3. The highest BCUT2D eigenvalue weighted by atomic mass is 79.9. The highest BCUT2D eigenvalue weighted by Crippen LogP contribution is 2.28. The van der Waals surface area contributed by atoms with Gasteiger partial charge in [-0.3, -0.25) is 0 Å². The summed E-state index contributed by atoms with van der Waals surface area (Å²) < 4.78 is 25.5. The third kappa shape index (κ3) is 1.78. The number of rotatable bonds is 2. The van der Waals surface area contributed by atoms with Gasteiger partial charge in [0.2, 0.25) is 0 Å². The first-order chi connectivity index (χ1) is 7.65. The average molecular weight is 286 g/mol. The Morgan fingerprint density at radius 3 is 2.81 bits per heavy atom. The molecule has 0 saturated heterocycles. The fourth-order valence-corrected chi connectivity index (χ4v) is 1.76. The molecule has 0 aliphatic rings. The highest BCUT2D eigenvalue weighted by molar-refractivity contribution is 9.08. The van der Waals surface area contributed by atoms with Gasteiger partial charge in [-0.2, -0.15) is 5.26 Å². The molecule has 2 aromatic rings. The summed E-state index contributed by atoms with van der Waals surface area (Å²) in [6.45, 7) is 0. The Labute approximate surface area is 98.2 Å². The van der Waals surface area contributed by atoms with E-state index in [1.807, 2.05) is 6.07 Å². The summed E-state index contributed by atoms with van der Waals surface area (Å²) in [6.07, 6.45) is -2.64. The van der Waals surface area contributed by atoms with Crippen LogP contribution >= 0.6 is 15.9 Å². The maximum Gasteiger partial charge on any atom is 0.266 e. The number of hydrogen-bond donors (Lipinski definition) is 1. The van der Waals surface area contributed by atoms with Crippen LogP contribution in [0.15, 0.2) is 12.1 Å². The van der Waals surface area contributed by atoms with E-state index >= 15 is 0 Å². The number of alkyl halides is 3. The molecule has 0 aliphatic carbocycles. The first-order valence-electron chi connectivity index (χ1n) is 4.42. The zero-order valence-corrected chi connectivity index (χ0v) is 9.55. The molecule has 1 heterocycles. The molecule has 2 rings (SSSR count). The molecule has 16 heavy (non-hydrogen) atoms. The van der Waals surface area contributed by atoms with E-state index in [1.165, 1.54) is 12.1 Å². The Morgan fingerprint density at radius 1 is 1.50 bits per heavy atom. The van der Waals surface area contributed by atoms with Crippen LogP contribution in [0.5, 0.6) is 0 Å². The van der Waals surface area contributed by atoms with Crippen molar-refractivity contribution in [2.24, 2.45) is 0 Å². The number of H-pyrrole nitrogens is 1. The number of hydrogen-bond acceptors (Lipinski definition) is 2. The number of nitriles is 1. The van der Waals surface area contributed by atoms with Crippen molar-refractivity contribution in [3.8, 4) is 6.07 Å². The summed E-state index contributed by atoms with van der Waals surface area (Å²) in [4.78, 5) is 6.91. The van der Waals surface area contributed by atoms with Crippen molar-refractivity contribution < 1.29 is 8.78 Å². The molecule has 0 atom stereocenters. The van der Waals surface area contributed by atoms with Crippen molar-refractivity contribution in [2.75, 3.05) is 0 Å². The maximum atomic E-state index is 12.8. The normalized spacial score (nSPS) is 10.9. The van der Waals surface area contributed by atoms with Crippen molar-refractivity contribution in [1.82, 2.24) is 9.97 Å². The molecule has 82 valence electrons. The van der Waals surface area contributed by atoms with Crippen molar-refractivity contribution >= 4 is 27.0 Å². The van der Waals surface area contributed by atoms with Gasteiger partial charge >= 0.3 is 0 Å². The number of nitrogens with zero attached hydrogens (tertiary/aromatic N) is 2. The quantitative estimate of drug-likeness (QED) is 0.861. The minimum absolute atomic E-state index is 0.201. The molecule has 0 amide bonds. The molecule has 0 fully saturated rings. The summed E-state index contributed by atoms with van der Waals surface area (Å²) >= 11 is 3.19. The van der Waals surface area contributed by atoms with Gasteiger partial charge in [0, 0.05) is 5.56 Å². The minimum Gasteiger partial charge on any atom is -0.341 e. The standard InChI is InChI=1S/C10H6BrF2N3/c11-3-8-15-7-2-5(4-14)1-6(10(12)13)9(7)16-8/h1-2,10H,3H2,(H,15,16). The zero-order chi connectivity index (χ0) is 11.7. The molecule has 1 N–H and O–H groups in total. The Hall–Kier alpha value is -1.48. The molecular weight excluding hydrogens is 280 g/mol. The lowest BCUT2D eigenvalue weighted by molar-refractivity contribution is 0.153. The smallest absolute Gasteiger partial charge is 0.266 e. The number of nitrogens with one attached hydrogen (secondary N) is 1. The number of imidazole rings is 1. The van der Waals surface area contributed by atoms with Crippen LogP contribution < -0.4 is 0 Å². The predicted molar refractivity (Wildman–Crippen MR) is 58.4 cm³/mol. The van der Waals surface area contributed by atoms with Gasteiger partial charge in [-0.05, 0) is 12.1 Å². The highest BCUT2D eigenvalue weighted by Gasteiger charge is 2.16. The van der Waals surface area contributed by atoms with Gasteiger partial charge in [0.25, 0.3) is 6.43 Å². The Kier molecular flexibility index (Phi) is 2.88. The second-order valence-corrected chi connectivity index (χ2v) is 3.75. The third-order valence-electron chi connectivity index (χ3n) is 2.16. The summed E-state index contributed by atoms with van der Waals surface area (Å²) in [5.74, 6) is 0.562. The van der Waals surface area contributed by atoms with E-state index in [9.17, 15) is 8.78 Å². The predicted octanol–water partition coefficient (Wildman–Crippen LogP) is 3.27. The van der Waals surface area contributed by atoms with Crippen LogP contribution in [0, 0.1) is 11.3 Å². The first-order valence-corrected chi connectivity index (χ1v) is 5.54. The third-order valence-corrected chi connectivity index (χ3v) is 2.69. The summed E-state index contributed by atoms with van der Waals surface area (Å²) in [5, 5.41) is 9.18. The van der Waals surface area contributed by atoms with Crippen LogP contribution in [0.2, 0.25) is 0 Å². The zero-order valence-electron chi connectivity index (χ0n) is 7.97. The fraction of sp³-hybridized carbons (Fsp3) is 0.200. The number of benzene rings is 1. The molecule has 3 nitrogen and oxygen atoms in total. The summed E-state index contributed by atoms with van der Waals surface area (Å²) in [6, 6.07) is 4.54. The van der Waals surface area contributed by atoms with Gasteiger partial charge in [-0.1, -0.05) is 15.9 Å². The van der Waals surface area contributed by atoms with Crippen LogP contribution in [0.1, 0.15) is 23.4 Å². The van der Waals surface area contributed by atoms with Crippen molar-refractivity contribution in [3.05, 3.63) is 29.1 Å². The van der Waals surface area contributed by atoms with Crippen molar-refractivity contribution in [3.63, 3.8) is 0 Å². The fourth-order valence-electron chi connectivity index (χ4n) is 1.49. The molecule has 0 radical (unpaired) electrons. The molecule has 0 saturated carbocycles. The second kappa shape index (κ2) is 4.18. The van der Waals surface area contributed by atoms with Gasteiger partial charge in [-0.25, -0.2) is 13.8 Å². The first kappa shape index (κ1) is 11.0. The number of halogens is 3.